The summed E-state index contributed by atoms with van der Waals surface area (Å²) in [5.41, 5.74) is 2.13. The van der Waals surface area contributed by atoms with Gasteiger partial charge in [-0.15, -0.1) is 10.2 Å². The number of hydrogen-bond donors (Lipinski definition) is 1. The summed E-state index contributed by atoms with van der Waals surface area (Å²) in [6.07, 6.45) is -0.600. The van der Waals surface area contributed by atoms with Crippen molar-refractivity contribution >= 4 is 11.8 Å². The molecule has 0 aliphatic rings. The fraction of sp³-hybridized carbons (Fsp3) is 0.300. The van der Waals surface area contributed by atoms with Crippen LogP contribution in [0.15, 0.2) is 53.7 Å². The summed E-state index contributed by atoms with van der Waals surface area (Å²) in [6, 6.07) is 15.4. The van der Waals surface area contributed by atoms with Gasteiger partial charge in [-0.25, -0.2) is 0 Å². The third-order valence-electron chi connectivity index (χ3n) is 4.05. The Balaban J connectivity index is 1.54. The van der Waals surface area contributed by atoms with Gasteiger partial charge >= 0.3 is 0 Å². The van der Waals surface area contributed by atoms with Crippen LogP contribution in [0.25, 0.3) is 11.4 Å². The Hall–Kier alpha value is -2.51. The van der Waals surface area contributed by atoms with E-state index in [4.69, 9.17) is 9.47 Å². The van der Waals surface area contributed by atoms with E-state index in [1.54, 1.807) is 7.11 Å². The molecule has 6 nitrogen and oxygen atoms in total. The molecule has 3 aromatic rings. The van der Waals surface area contributed by atoms with Gasteiger partial charge in [-0.05, 0) is 43.3 Å². The summed E-state index contributed by atoms with van der Waals surface area (Å²) in [6.45, 7) is 2.26. The lowest BCUT2D eigenvalue weighted by Crippen LogP contribution is -2.20. The third kappa shape index (κ3) is 5.02. The number of methoxy groups -OCH3 is 1. The van der Waals surface area contributed by atoms with Crippen LogP contribution in [0.3, 0.4) is 0 Å². The Kier molecular flexibility index (Phi) is 6.36. The van der Waals surface area contributed by atoms with Crippen LogP contribution in [-0.2, 0) is 7.05 Å². The minimum Gasteiger partial charge on any atom is -0.497 e. The molecule has 1 unspecified atom stereocenters. The Morgan fingerprint density at radius 3 is 2.37 bits per heavy atom. The molecule has 0 bridgehead atoms. The second-order valence-corrected chi connectivity index (χ2v) is 7.17. The number of rotatable bonds is 8. The summed E-state index contributed by atoms with van der Waals surface area (Å²) in [5, 5.41) is 19.4. The first-order valence-corrected chi connectivity index (χ1v) is 9.59. The maximum atomic E-state index is 10.2. The molecule has 0 aliphatic carbocycles. The zero-order chi connectivity index (χ0) is 19.2. The van der Waals surface area contributed by atoms with Crippen molar-refractivity contribution in [3.63, 3.8) is 0 Å². The summed E-state index contributed by atoms with van der Waals surface area (Å²) in [7, 11) is 3.55. The standard InChI is InChI=1S/C20H23N3O3S/c1-14-4-8-18(9-5-14)26-12-16(24)13-27-20-22-21-19(23(20)2)15-6-10-17(25-3)11-7-15/h4-11,16,24H,12-13H2,1-3H3. The molecular weight excluding hydrogens is 362 g/mol. The summed E-state index contributed by atoms with van der Waals surface area (Å²) < 4.78 is 12.7. The van der Waals surface area contributed by atoms with Crippen molar-refractivity contribution in [1.29, 1.82) is 0 Å². The molecule has 0 spiro atoms. The molecule has 0 radical (unpaired) electrons. The van der Waals surface area contributed by atoms with E-state index in [0.29, 0.717) is 5.75 Å². The largest absolute Gasteiger partial charge is 0.497 e. The van der Waals surface area contributed by atoms with Crippen LogP contribution >= 0.6 is 11.8 Å². The zero-order valence-corrected chi connectivity index (χ0v) is 16.4. The van der Waals surface area contributed by atoms with Crippen molar-refractivity contribution in [2.45, 2.75) is 18.2 Å². The number of thioether (sulfide) groups is 1. The molecule has 1 N–H and O–H groups in total. The molecule has 7 heteroatoms. The van der Waals surface area contributed by atoms with Crippen molar-refractivity contribution in [3.05, 3.63) is 54.1 Å². The highest BCUT2D eigenvalue weighted by Crippen LogP contribution is 2.25. The van der Waals surface area contributed by atoms with Crippen LogP contribution in [0.1, 0.15) is 5.56 Å². The molecule has 1 aromatic heterocycles. The minimum atomic E-state index is -0.600. The predicted molar refractivity (Wildman–Crippen MR) is 106 cm³/mol. The van der Waals surface area contributed by atoms with E-state index in [2.05, 4.69) is 10.2 Å². The monoisotopic (exact) mass is 385 g/mol. The first-order valence-electron chi connectivity index (χ1n) is 8.61. The van der Waals surface area contributed by atoms with Gasteiger partial charge in [0.05, 0.1) is 13.2 Å². The van der Waals surface area contributed by atoms with Crippen LogP contribution in [0.5, 0.6) is 11.5 Å². The maximum absolute atomic E-state index is 10.2. The average Bonchev–Trinajstić information content (AvgIpc) is 3.06. The number of aryl methyl sites for hydroxylation is 1. The minimum absolute atomic E-state index is 0.235. The van der Waals surface area contributed by atoms with E-state index in [-0.39, 0.29) is 6.61 Å². The SMILES string of the molecule is COc1ccc(-c2nnc(SCC(O)COc3ccc(C)cc3)n2C)cc1. The lowest BCUT2D eigenvalue weighted by atomic mass is 10.2. The van der Waals surface area contributed by atoms with Gasteiger partial charge in [0.25, 0.3) is 0 Å². The Morgan fingerprint density at radius 1 is 1.04 bits per heavy atom. The van der Waals surface area contributed by atoms with Gasteiger partial charge in [-0.3, -0.25) is 0 Å². The molecule has 1 heterocycles. The van der Waals surface area contributed by atoms with Crippen LogP contribution in [-0.4, -0.2) is 45.4 Å². The van der Waals surface area contributed by atoms with Crippen LogP contribution in [0.4, 0.5) is 0 Å². The summed E-state index contributed by atoms with van der Waals surface area (Å²) in [5.74, 6) is 2.79. The van der Waals surface area contributed by atoms with Crippen molar-refractivity contribution in [1.82, 2.24) is 14.8 Å². The topological polar surface area (TPSA) is 69.4 Å². The molecule has 1 atom stereocenters. The number of benzene rings is 2. The van der Waals surface area contributed by atoms with Crippen LogP contribution in [0, 0.1) is 6.92 Å². The van der Waals surface area contributed by atoms with E-state index >= 15 is 0 Å². The lowest BCUT2D eigenvalue weighted by molar-refractivity contribution is 0.126. The van der Waals surface area contributed by atoms with Crippen LogP contribution < -0.4 is 9.47 Å². The fourth-order valence-corrected chi connectivity index (χ4v) is 3.29. The van der Waals surface area contributed by atoms with Crippen molar-refractivity contribution in [2.24, 2.45) is 7.05 Å². The highest BCUT2D eigenvalue weighted by Gasteiger charge is 2.14. The number of hydrogen-bond acceptors (Lipinski definition) is 6. The van der Waals surface area contributed by atoms with E-state index in [1.165, 1.54) is 17.3 Å². The first kappa shape index (κ1) is 19.3. The Bertz CT molecular complexity index is 863. The molecular formula is C20H23N3O3S. The second-order valence-electron chi connectivity index (χ2n) is 6.18. The number of aliphatic hydroxyl groups excluding tert-OH is 1. The molecule has 27 heavy (non-hydrogen) atoms. The number of ether oxygens (including phenoxy) is 2. The first-order chi connectivity index (χ1) is 13.1. The van der Waals surface area contributed by atoms with Crippen LogP contribution in [0.2, 0.25) is 0 Å². The molecule has 0 saturated carbocycles. The van der Waals surface area contributed by atoms with Gasteiger partial charge in [-0.1, -0.05) is 29.5 Å². The number of aliphatic hydroxyl groups is 1. The maximum Gasteiger partial charge on any atom is 0.191 e. The van der Waals surface area contributed by atoms with Gasteiger partial charge in [0, 0.05) is 18.4 Å². The molecule has 0 saturated heterocycles. The third-order valence-corrected chi connectivity index (χ3v) is 5.22. The van der Waals surface area contributed by atoms with Gasteiger partial charge in [0.2, 0.25) is 0 Å². The van der Waals surface area contributed by atoms with Crippen molar-refractivity contribution < 1.29 is 14.6 Å². The molecule has 2 aromatic carbocycles. The fourth-order valence-electron chi connectivity index (χ4n) is 2.48. The lowest BCUT2D eigenvalue weighted by Gasteiger charge is -2.12. The van der Waals surface area contributed by atoms with E-state index < -0.39 is 6.10 Å². The number of aromatic nitrogens is 3. The van der Waals surface area contributed by atoms with Gasteiger partial charge < -0.3 is 19.1 Å². The zero-order valence-electron chi connectivity index (χ0n) is 15.6. The van der Waals surface area contributed by atoms with E-state index in [9.17, 15) is 5.11 Å². The molecule has 0 aliphatic heterocycles. The summed E-state index contributed by atoms with van der Waals surface area (Å²) >= 11 is 1.45. The van der Waals surface area contributed by atoms with Gasteiger partial charge in [0.15, 0.2) is 11.0 Å². The highest BCUT2D eigenvalue weighted by molar-refractivity contribution is 7.99. The van der Waals surface area contributed by atoms with Gasteiger partial charge in [-0.2, -0.15) is 0 Å². The van der Waals surface area contributed by atoms with E-state index in [0.717, 1.165) is 28.0 Å². The quantitative estimate of drug-likeness (QED) is 0.600. The van der Waals surface area contributed by atoms with Crippen molar-refractivity contribution in [2.75, 3.05) is 19.5 Å². The molecule has 0 fully saturated rings. The molecule has 142 valence electrons. The normalized spacial score (nSPS) is 12.0. The van der Waals surface area contributed by atoms with Gasteiger partial charge in [0.1, 0.15) is 18.1 Å². The number of nitrogens with zero attached hydrogens (tertiary/aromatic N) is 3. The summed E-state index contributed by atoms with van der Waals surface area (Å²) in [4.78, 5) is 0. The van der Waals surface area contributed by atoms with E-state index in [1.807, 2.05) is 67.1 Å². The van der Waals surface area contributed by atoms with Crippen molar-refractivity contribution in [3.8, 4) is 22.9 Å². The Morgan fingerprint density at radius 2 is 1.70 bits per heavy atom. The smallest absolute Gasteiger partial charge is 0.191 e. The second kappa shape index (κ2) is 8.92. The molecule has 0 amide bonds. The molecule has 3 rings (SSSR count). The predicted octanol–water partition coefficient (Wildman–Crippen LogP) is 3.33. The average molecular weight is 385 g/mol. The Labute approximate surface area is 163 Å². The highest BCUT2D eigenvalue weighted by atomic mass is 32.2.